The van der Waals surface area contributed by atoms with Gasteiger partial charge < -0.3 is 19.7 Å². The minimum absolute atomic E-state index is 0.00672. The van der Waals surface area contributed by atoms with Crippen molar-refractivity contribution >= 4 is 23.2 Å². The van der Waals surface area contributed by atoms with Gasteiger partial charge in [-0.2, -0.15) is 11.3 Å². The van der Waals surface area contributed by atoms with Gasteiger partial charge in [0, 0.05) is 31.5 Å². The largest absolute Gasteiger partial charge is 0.485 e. The SMILES string of the molecule is Cc1ncc2c(c1CNC(=O)Cc1ccsc1)CCN(C(=O)C1COc3ccccc3O1)C2. The number of fused-ring (bicyclic) bond motifs is 2. The number of para-hydroxylation sites is 2. The molecule has 1 atom stereocenters. The van der Waals surface area contributed by atoms with Crippen molar-refractivity contribution in [2.24, 2.45) is 0 Å². The van der Waals surface area contributed by atoms with Gasteiger partial charge in [-0.1, -0.05) is 12.1 Å². The summed E-state index contributed by atoms with van der Waals surface area (Å²) in [7, 11) is 0. The standard InChI is InChI=1S/C25H25N3O4S/c1-16-20(12-27-24(29)10-17-7-9-33-15-17)19-6-8-28(13-18(19)11-26-16)25(30)23-14-31-21-4-2-3-5-22(21)32-23/h2-5,7,9,11,15,23H,6,8,10,12-14H2,1H3,(H,27,29). The Bertz CT molecular complexity index is 1180. The predicted octanol–water partition coefficient (Wildman–Crippen LogP) is 3.04. The van der Waals surface area contributed by atoms with Crippen molar-refractivity contribution in [2.75, 3.05) is 13.2 Å². The van der Waals surface area contributed by atoms with Crippen LogP contribution in [0.3, 0.4) is 0 Å². The lowest BCUT2D eigenvalue weighted by Crippen LogP contribution is -2.48. The molecular formula is C25H25N3O4S. The monoisotopic (exact) mass is 463 g/mol. The van der Waals surface area contributed by atoms with Crippen molar-refractivity contribution in [3.05, 3.63) is 75.2 Å². The Morgan fingerprint density at radius 1 is 1.24 bits per heavy atom. The van der Waals surface area contributed by atoms with Gasteiger partial charge in [-0.3, -0.25) is 14.6 Å². The molecule has 1 aromatic carbocycles. The van der Waals surface area contributed by atoms with E-state index in [-0.39, 0.29) is 18.4 Å². The number of hydrogen-bond donors (Lipinski definition) is 1. The number of benzene rings is 1. The molecule has 0 bridgehead atoms. The third kappa shape index (κ3) is 4.57. The average Bonchev–Trinajstić information content (AvgIpc) is 3.35. The lowest BCUT2D eigenvalue weighted by molar-refractivity contribution is -0.142. The van der Waals surface area contributed by atoms with E-state index in [1.54, 1.807) is 16.2 Å². The van der Waals surface area contributed by atoms with Crippen molar-refractivity contribution in [3.8, 4) is 11.5 Å². The van der Waals surface area contributed by atoms with Gasteiger partial charge in [0.05, 0.1) is 6.42 Å². The Labute approximate surface area is 196 Å². The zero-order valence-corrected chi connectivity index (χ0v) is 19.2. The summed E-state index contributed by atoms with van der Waals surface area (Å²) in [5, 5.41) is 6.99. The molecule has 3 aromatic rings. The number of carbonyl (C=O) groups is 2. The Morgan fingerprint density at radius 2 is 2.09 bits per heavy atom. The second-order valence-corrected chi connectivity index (χ2v) is 9.07. The summed E-state index contributed by atoms with van der Waals surface area (Å²) < 4.78 is 11.6. The fourth-order valence-electron chi connectivity index (χ4n) is 4.32. The molecular weight excluding hydrogens is 438 g/mol. The fraction of sp³-hybridized carbons (Fsp3) is 0.320. The van der Waals surface area contributed by atoms with Crippen LogP contribution in [0.4, 0.5) is 0 Å². The van der Waals surface area contributed by atoms with Gasteiger partial charge in [0.15, 0.2) is 11.5 Å². The van der Waals surface area contributed by atoms with E-state index < -0.39 is 6.10 Å². The van der Waals surface area contributed by atoms with E-state index in [9.17, 15) is 9.59 Å². The Hall–Kier alpha value is -3.39. The van der Waals surface area contributed by atoms with Crippen LogP contribution in [0.2, 0.25) is 0 Å². The average molecular weight is 464 g/mol. The van der Waals surface area contributed by atoms with E-state index in [0.717, 1.165) is 22.4 Å². The topological polar surface area (TPSA) is 80.8 Å². The minimum atomic E-state index is -0.657. The summed E-state index contributed by atoms with van der Waals surface area (Å²) in [6.45, 7) is 3.66. The molecule has 2 aliphatic rings. The van der Waals surface area contributed by atoms with Gasteiger partial charge in [0.2, 0.25) is 12.0 Å². The van der Waals surface area contributed by atoms with Crippen LogP contribution in [0, 0.1) is 6.92 Å². The number of aromatic nitrogens is 1. The molecule has 0 aliphatic carbocycles. The lowest BCUT2D eigenvalue weighted by atomic mass is 9.94. The van der Waals surface area contributed by atoms with E-state index in [0.29, 0.717) is 44.0 Å². The summed E-state index contributed by atoms with van der Waals surface area (Å²) in [4.78, 5) is 31.8. The second-order valence-electron chi connectivity index (χ2n) is 8.29. The first kappa shape index (κ1) is 21.5. The van der Waals surface area contributed by atoms with Crippen molar-refractivity contribution in [1.82, 2.24) is 15.2 Å². The highest BCUT2D eigenvalue weighted by Crippen LogP contribution is 2.32. The Morgan fingerprint density at radius 3 is 2.91 bits per heavy atom. The molecule has 4 heterocycles. The molecule has 33 heavy (non-hydrogen) atoms. The molecule has 0 saturated carbocycles. The number of aryl methyl sites for hydroxylation is 1. The van der Waals surface area contributed by atoms with E-state index in [4.69, 9.17) is 9.47 Å². The van der Waals surface area contributed by atoms with Gasteiger partial charge in [-0.25, -0.2) is 0 Å². The highest BCUT2D eigenvalue weighted by molar-refractivity contribution is 7.08. The molecule has 2 aromatic heterocycles. The minimum Gasteiger partial charge on any atom is -0.485 e. The Kier molecular flexibility index (Phi) is 6.00. The maximum atomic E-state index is 13.1. The Balaban J connectivity index is 1.25. The number of amides is 2. The zero-order valence-electron chi connectivity index (χ0n) is 18.4. The van der Waals surface area contributed by atoms with E-state index in [2.05, 4.69) is 10.3 Å². The molecule has 2 aliphatic heterocycles. The molecule has 0 spiro atoms. The molecule has 0 fully saturated rings. The van der Waals surface area contributed by atoms with Crippen LogP contribution < -0.4 is 14.8 Å². The molecule has 1 N–H and O–H groups in total. The second kappa shape index (κ2) is 9.23. The number of rotatable bonds is 5. The number of carbonyl (C=O) groups excluding carboxylic acids is 2. The maximum absolute atomic E-state index is 13.1. The number of nitrogens with zero attached hydrogens (tertiary/aromatic N) is 2. The summed E-state index contributed by atoms with van der Waals surface area (Å²) >= 11 is 1.59. The lowest BCUT2D eigenvalue weighted by Gasteiger charge is -2.34. The van der Waals surface area contributed by atoms with Gasteiger partial charge in [0.1, 0.15) is 6.61 Å². The van der Waals surface area contributed by atoms with E-state index >= 15 is 0 Å². The third-order valence-electron chi connectivity index (χ3n) is 6.10. The number of ether oxygens (including phenoxy) is 2. The van der Waals surface area contributed by atoms with Crippen LogP contribution in [0.5, 0.6) is 11.5 Å². The maximum Gasteiger partial charge on any atom is 0.267 e. The van der Waals surface area contributed by atoms with Crippen LogP contribution in [-0.2, 0) is 35.5 Å². The first-order chi connectivity index (χ1) is 16.1. The van der Waals surface area contributed by atoms with Crippen molar-refractivity contribution in [1.29, 1.82) is 0 Å². The van der Waals surface area contributed by atoms with Crippen LogP contribution in [-0.4, -0.2) is 41.0 Å². The molecule has 0 radical (unpaired) electrons. The summed E-state index contributed by atoms with van der Waals surface area (Å²) in [5.74, 6) is 1.17. The first-order valence-electron chi connectivity index (χ1n) is 11.0. The number of hydrogen-bond acceptors (Lipinski definition) is 6. The van der Waals surface area contributed by atoms with Gasteiger partial charge in [-0.05, 0) is 64.6 Å². The van der Waals surface area contributed by atoms with E-state index in [1.165, 1.54) is 5.56 Å². The molecule has 8 heteroatoms. The molecule has 2 amide bonds. The number of pyridine rings is 1. The quantitative estimate of drug-likeness (QED) is 0.629. The van der Waals surface area contributed by atoms with Crippen molar-refractivity contribution < 1.29 is 19.1 Å². The smallest absolute Gasteiger partial charge is 0.267 e. The van der Waals surface area contributed by atoms with Gasteiger partial charge in [-0.15, -0.1) is 0 Å². The van der Waals surface area contributed by atoms with Gasteiger partial charge in [0.25, 0.3) is 5.91 Å². The van der Waals surface area contributed by atoms with Crippen LogP contribution in [0.15, 0.2) is 47.3 Å². The first-order valence-corrected chi connectivity index (χ1v) is 11.9. The highest BCUT2D eigenvalue weighted by Gasteiger charge is 2.33. The van der Waals surface area contributed by atoms with Crippen molar-refractivity contribution in [3.63, 3.8) is 0 Å². The van der Waals surface area contributed by atoms with Crippen molar-refractivity contribution in [2.45, 2.75) is 39.0 Å². The zero-order chi connectivity index (χ0) is 22.8. The van der Waals surface area contributed by atoms with Crippen LogP contribution in [0.25, 0.3) is 0 Å². The molecule has 5 rings (SSSR count). The summed E-state index contributed by atoms with van der Waals surface area (Å²) in [6.07, 6.45) is 2.27. The van der Waals surface area contributed by atoms with E-state index in [1.807, 2.05) is 54.2 Å². The van der Waals surface area contributed by atoms with Crippen LogP contribution in [0.1, 0.15) is 27.9 Å². The molecule has 170 valence electrons. The molecule has 1 unspecified atom stereocenters. The highest BCUT2D eigenvalue weighted by atomic mass is 32.1. The number of nitrogens with one attached hydrogen (secondary N) is 1. The van der Waals surface area contributed by atoms with Crippen LogP contribution >= 0.6 is 11.3 Å². The summed E-state index contributed by atoms with van der Waals surface area (Å²) in [5.41, 5.74) is 5.16. The molecule has 0 saturated heterocycles. The predicted molar refractivity (Wildman–Crippen MR) is 124 cm³/mol. The molecule has 7 nitrogen and oxygen atoms in total. The van der Waals surface area contributed by atoms with Gasteiger partial charge >= 0.3 is 0 Å². The number of thiophene rings is 1. The fourth-order valence-corrected chi connectivity index (χ4v) is 4.99. The summed E-state index contributed by atoms with van der Waals surface area (Å²) in [6, 6.07) is 9.35. The third-order valence-corrected chi connectivity index (χ3v) is 6.83. The normalized spacial score (nSPS) is 16.8.